The van der Waals surface area contributed by atoms with E-state index in [9.17, 15) is 0 Å². The van der Waals surface area contributed by atoms with Gasteiger partial charge in [-0.1, -0.05) is 45.9 Å². The minimum Gasteiger partial charge on any atom is -1.00 e. The molecule has 0 radical (unpaired) electrons. The first-order valence-corrected chi connectivity index (χ1v) is 4.92. The van der Waals surface area contributed by atoms with E-state index < -0.39 is 0 Å². The summed E-state index contributed by atoms with van der Waals surface area (Å²) in [6.07, 6.45) is 0. The van der Waals surface area contributed by atoms with Crippen LogP contribution in [-0.2, 0) is 0 Å². The SMILES string of the molecule is CC(C)c1cccc(C(C)C)c1N.[H-].[Li+]. The number of rotatable bonds is 2. The Kier molecular flexibility index (Phi) is 5.34. The summed E-state index contributed by atoms with van der Waals surface area (Å²) in [7, 11) is 0. The fourth-order valence-corrected chi connectivity index (χ4v) is 1.61. The summed E-state index contributed by atoms with van der Waals surface area (Å²) in [6, 6.07) is 6.33. The summed E-state index contributed by atoms with van der Waals surface area (Å²) in [4.78, 5) is 0. The predicted octanol–water partition coefficient (Wildman–Crippen LogP) is 0.632. The van der Waals surface area contributed by atoms with Crippen molar-refractivity contribution in [2.45, 2.75) is 39.5 Å². The molecule has 0 unspecified atom stereocenters. The third-order valence-corrected chi connectivity index (χ3v) is 2.42. The molecule has 0 saturated heterocycles. The van der Waals surface area contributed by atoms with Crippen molar-refractivity contribution in [3.8, 4) is 0 Å². The molecule has 0 aliphatic carbocycles. The van der Waals surface area contributed by atoms with E-state index in [2.05, 4.69) is 45.9 Å². The third kappa shape index (κ3) is 2.80. The molecule has 0 fully saturated rings. The quantitative estimate of drug-likeness (QED) is 0.531. The van der Waals surface area contributed by atoms with E-state index in [0.717, 1.165) is 5.69 Å². The van der Waals surface area contributed by atoms with E-state index in [4.69, 9.17) is 5.73 Å². The molecule has 0 atom stereocenters. The molecule has 0 spiro atoms. The summed E-state index contributed by atoms with van der Waals surface area (Å²) in [5.41, 5.74) is 9.60. The Bertz CT molecular complexity index is 271. The number of nitrogens with two attached hydrogens (primary N) is 1. The summed E-state index contributed by atoms with van der Waals surface area (Å²) in [5, 5.41) is 0. The average molecular weight is 185 g/mol. The summed E-state index contributed by atoms with van der Waals surface area (Å²) in [5.74, 6) is 1.03. The molecule has 2 heteroatoms. The normalized spacial score (nSPS) is 10.4. The van der Waals surface area contributed by atoms with Crippen LogP contribution in [-0.4, -0.2) is 0 Å². The van der Waals surface area contributed by atoms with Gasteiger partial charge in [-0.2, -0.15) is 0 Å². The molecule has 1 nitrogen and oxygen atoms in total. The molecule has 2 N–H and O–H groups in total. The van der Waals surface area contributed by atoms with Crippen molar-refractivity contribution in [2.75, 3.05) is 5.73 Å². The zero-order valence-electron chi connectivity index (χ0n) is 11.0. The van der Waals surface area contributed by atoms with Gasteiger partial charge in [0.25, 0.3) is 0 Å². The molecule has 0 aliphatic rings. The molecule has 0 saturated carbocycles. The van der Waals surface area contributed by atoms with Crippen molar-refractivity contribution in [3.63, 3.8) is 0 Å². The Hall–Kier alpha value is -0.383. The van der Waals surface area contributed by atoms with Gasteiger partial charge < -0.3 is 7.16 Å². The first-order valence-electron chi connectivity index (χ1n) is 4.92. The zero-order chi connectivity index (χ0) is 10.0. The van der Waals surface area contributed by atoms with Crippen molar-refractivity contribution >= 4 is 5.69 Å². The van der Waals surface area contributed by atoms with Crippen LogP contribution in [0.4, 0.5) is 5.69 Å². The van der Waals surface area contributed by atoms with Crippen LogP contribution in [0.15, 0.2) is 18.2 Å². The van der Waals surface area contributed by atoms with Crippen LogP contribution >= 0.6 is 0 Å². The van der Waals surface area contributed by atoms with Gasteiger partial charge in [0.2, 0.25) is 0 Å². The predicted molar refractivity (Wildman–Crippen MR) is 60.1 cm³/mol. The molecule has 1 aromatic carbocycles. The van der Waals surface area contributed by atoms with Gasteiger partial charge in [-0.25, -0.2) is 0 Å². The molecule has 0 heterocycles. The Morgan fingerprint density at radius 1 is 1.00 bits per heavy atom. The van der Waals surface area contributed by atoms with Crippen molar-refractivity contribution in [2.24, 2.45) is 0 Å². The average Bonchev–Trinajstić information content (AvgIpc) is 2.03. The maximum Gasteiger partial charge on any atom is 1.00 e. The number of para-hydroxylation sites is 1. The van der Waals surface area contributed by atoms with Crippen LogP contribution in [0.1, 0.15) is 52.1 Å². The second-order valence-electron chi connectivity index (χ2n) is 4.16. The molecule has 1 aromatic rings. The maximum absolute atomic E-state index is 6.09. The molecule has 0 amide bonds. The second-order valence-corrected chi connectivity index (χ2v) is 4.16. The van der Waals surface area contributed by atoms with E-state index in [1.165, 1.54) is 11.1 Å². The van der Waals surface area contributed by atoms with Crippen LogP contribution in [0.25, 0.3) is 0 Å². The molecule has 0 aliphatic heterocycles. The molecule has 1 rings (SSSR count). The molecule has 74 valence electrons. The zero-order valence-corrected chi connectivity index (χ0v) is 9.96. The van der Waals surface area contributed by atoms with Gasteiger partial charge in [0, 0.05) is 5.69 Å². The Morgan fingerprint density at radius 2 is 1.36 bits per heavy atom. The fourth-order valence-electron chi connectivity index (χ4n) is 1.61. The monoisotopic (exact) mass is 185 g/mol. The van der Waals surface area contributed by atoms with Crippen LogP contribution in [0.5, 0.6) is 0 Å². The minimum atomic E-state index is 0. The van der Waals surface area contributed by atoms with Crippen molar-refractivity contribution in [1.82, 2.24) is 0 Å². The summed E-state index contributed by atoms with van der Waals surface area (Å²) in [6.45, 7) is 8.71. The number of hydrogen-bond acceptors (Lipinski definition) is 1. The van der Waals surface area contributed by atoms with Gasteiger partial charge in [-0.15, -0.1) is 0 Å². The second kappa shape index (κ2) is 5.49. The molecular weight excluding hydrogens is 165 g/mol. The van der Waals surface area contributed by atoms with Gasteiger partial charge in [-0.05, 0) is 23.0 Å². The fraction of sp³-hybridized carbons (Fsp3) is 0.500. The van der Waals surface area contributed by atoms with E-state index in [1.54, 1.807) is 0 Å². The first kappa shape index (κ1) is 13.6. The van der Waals surface area contributed by atoms with Crippen molar-refractivity contribution < 1.29 is 20.3 Å². The van der Waals surface area contributed by atoms with Crippen LogP contribution in [0, 0.1) is 0 Å². The topological polar surface area (TPSA) is 26.0 Å². The van der Waals surface area contributed by atoms with Gasteiger partial charge in [0.1, 0.15) is 0 Å². The number of benzene rings is 1. The number of anilines is 1. The van der Waals surface area contributed by atoms with Gasteiger partial charge in [-0.3, -0.25) is 0 Å². The van der Waals surface area contributed by atoms with Gasteiger partial charge in [0.15, 0.2) is 0 Å². The molecular formula is C12H20LiN. The van der Waals surface area contributed by atoms with E-state index in [0.29, 0.717) is 11.8 Å². The van der Waals surface area contributed by atoms with Crippen LogP contribution < -0.4 is 24.6 Å². The smallest absolute Gasteiger partial charge is 1.00 e. The minimum absolute atomic E-state index is 0. The molecule has 0 aromatic heterocycles. The number of hydrogen-bond donors (Lipinski definition) is 1. The van der Waals surface area contributed by atoms with E-state index in [-0.39, 0.29) is 20.3 Å². The summed E-state index contributed by atoms with van der Waals surface area (Å²) >= 11 is 0. The number of nitrogen functional groups attached to an aromatic ring is 1. The van der Waals surface area contributed by atoms with Crippen molar-refractivity contribution in [3.05, 3.63) is 29.3 Å². The largest absolute Gasteiger partial charge is 1.00 e. The third-order valence-electron chi connectivity index (χ3n) is 2.42. The first-order chi connectivity index (χ1) is 6.04. The molecule has 0 bridgehead atoms. The van der Waals surface area contributed by atoms with Crippen LogP contribution in [0.2, 0.25) is 0 Å². The Morgan fingerprint density at radius 3 is 1.64 bits per heavy atom. The Balaban J connectivity index is 0. The summed E-state index contributed by atoms with van der Waals surface area (Å²) < 4.78 is 0. The van der Waals surface area contributed by atoms with Gasteiger partial charge >= 0.3 is 18.9 Å². The van der Waals surface area contributed by atoms with E-state index >= 15 is 0 Å². The molecule has 14 heavy (non-hydrogen) atoms. The standard InChI is InChI=1S/C12H19N.Li.H/c1-8(2)10-6-5-7-11(9(3)4)12(10)13;;/h5-9H,13H2,1-4H3;;/q;+1;-1. The van der Waals surface area contributed by atoms with Crippen molar-refractivity contribution in [1.29, 1.82) is 0 Å². The maximum atomic E-state index is 6.09. The van der Waals surface area contributed by atoms with Gasteiger partial charge in [0.05, 0.1) is 0 Å². The van der Waals surface area contributed by atoms with E-state index in [1.807, 2.05) is 0 Å². The Labute approximate surface area is 101 Å². The van der Waals surface area contributed by atoms with Crippen LogP contribution in [0.3, 0.4) is 0 Å².